The fourth-order valence-corrected chi connectivity index (χ4v) is 8.92. The lowest BCUT2D eigenvalue weighted by Gasteiger charge is -2.61. The molecule has 3 unspecified atom stereocenters. The van der Waals surface area contributed by atoms with Crippen molar-refractivity contribution in [2.75, 3.05) is 0 Å². The van der Waals surface area contributed by atoms with Crippen LogP contribution >= 0.6 is 0 Å². The summed E-state index contributed by atoms with van der Waals surface area (Å²) in [5.74, 6) is 1.29. The number of hydrogen-bond acceptors (Lipinski definition) is 0. The van der Waals surface area contributed by atoms with E-state index in [0.717, 1.165) is 31.6 Å². The van der Waals surface area contributed by atoms with E-state index in [-0.39, 0.29) is 16.2 Å². The highest BCUT2D eigenvalue weighted by Gasteiger charge is 2.74. The molecule has 0 radical (unpaired) electrons. The molecular weight excluding hydrogens is 456 g/mol. The normalized spacial score (nSPS) is 33.5. The van der Waals surface area contributed by atoms with Crippen molar-refractivity contribution in [2.45, 2.75) is 84.5 Å². The lowest BCUT2D eigenvalue weighted by Crippen LogP contribution is -2.53. The Morgan fingerprint density at radius 3 is 1.68 bits per heavy atom. The molecule has 3 aliphatic carbocycles. The van der Waals surface area contributed by atoms with Gasteiger partial charge in [-0.1, -0.05) is 129 Å². The molecule has 204 valence electrons. The second-order valence-electron chi connectivity index (χ2n) is 11.7. The van der Waals surface area contributed by atoms with Crippen molar-refractivity contribution in [1.82, 2.24) is 0 Å². The molecule has 3 aliphatic rings. The maximum atomic E-state index is 3.94. The Bertz CT molecular complexity index is 974. The lowest BCUT2D eigenvalue weighted by atomic mass is 9.43. The van der Waals surface area contributed by atoms with Crippen LogP contribution in [0.5, 0.6) is 0 Å². The Labute approximate surface area is 234 Å². The van der Waals surface area contributed by atoms with Crippen LogP contribution in [0.1, 0.15) is 84.5 Å². The van der Waals surface area contributed by atoms with Gasteiger partial charge in [0.05, 0.1) is 0 Å². The van der Waals surface area contributed by atoms with E-state index in [1.807, 2.05) is 24.3 Å². The van der Waals surface area contributed by atoms with Gasteiger partial charge in [-0.2, -0.15) is 0 Å². The van der Waals surface area contributed by atoms with Crippen LogP contribution in [-0.2, 0) is 0 Å². The Balaban J connectivity index is 2.27. The minimum atomic E-state index is 0.193. The monoisotopic (exact) mass is 508 g/mol. The van der Waals surface area contributed by atoms with E-state index in [1.54, 1.807) is 11.1 Å². The minimum absolute atomic E-state index is 0.193. The quantitative estimate of drug-likeness (QED) is 0.144. The Morgan fingerprint density at radius 1 is 0.763 bits per heavy atom. The highest BCUT2D eigenvalue weighted by molar-refractivity contribution is 5.53. The maximum absolute atomic E-state index is 3.94. The van der Waals surface area contributed by atoms with Gasteiger partial charge in [-0.05, 0) is 94.3 Å². The zero-order chi connectivity index (χ0) is 27.5. The molecule has 0 aromatic heterocycles. The second-order valence-corrected chi connectivity index (χ2v) is 11.7. The van der Waals surface area contributed by atoms with Crippen molar-refractivity contribution in [3.05, 3.63) is 123 Å². The zero-order valence-electron chi connectivity index (χ0n) is 24.3. The molecule has 1 spiro atoms. The summed E-state index contributed by atoms with van der Waals surface area (Å²) in [7, 11) is 0. The van der Waals surface area contributed by atoms with Crippen molar-refractivity contribution >= 4 is 0 Å². The van der Waals surface area contributed by atoms with Crippen LogP contribution in [0.2, 0.25) is 0 Å². The molecule has 2 fully saturated rings. The molecule has 0 heteroatoms. The number of hydrogen-bond donors (Lipinski definition) is 0. The molecule has 38 heavy (non-hydrogen) atoms. The first-order valence-electron chi connectivity index (χ1n) is 15.0. The van der Waals surface area contributed by atoms with Crippen LogP contribution < -0.4 is 0 Å². The van der Waals surface area contributed by atoms with Gasteiger partial charge in [0.1, 0.15) is 0 Å². The summed E-state index contributed by atoms with van der Waals surface area (Å²) in [6, 6.07) is 0. The fraction of sp³-hybridized carbons (Fsp3) is 0.474. The van der Waals surface area contributed by atoms with Crippen molar-refractivity contribution in [3.8, 4) is 0 Å². The van der Waals surface area contributed by atoms with Gasteiger partial charge in [-0.3, -0.25) is 0 Å². The average molecular weight is 509 g/mol. The van der Waals surface area contributed by atoms with Crippen molar-refractivity contribution < 1.29 is 0 Å². The van der Waals surface area contributed by atoms with Gasteiger partial charge >= 0.3 is 0 Å². The van der Waals surface area contributed by atoms with Crippen molar-refractivity contribution in [1.29, 1.82) is 0 Å². The van der Waals surface area contributed by atoms with E-state index < -0.39 is 0 Å². The van der Waals surface area contributed by atoms with Crippen molar-refractivity contribution in [2.24, 2.45) is 28.1 Å². The fourth-order valence-electron chi connectivity index (χ4n) is 8.92. The third-order valence-electron chi connectivity index (χ3n) is 10.1. The molecule has 0 amide bonds. The summed E-state index contributed by atoms with van der Waals surface area (Å²) in [6.07, 6.45) is 44.2. The first-order valence-corrected chi connectivity index (χ1v) is 15.0. The zero-order valence-corrected chi connectivity index (χ0v) is 24.3. The maximum Gasteiger partial charge on any atom is 0.0191 e. The molecule has 0 N–H and O–H groups in total. The lowest BCUT2D eigenvalue weighted by molar-refractivity contribution is -0.0696. The van der Waals surface area contributed by atoms with Crippen LogP contribution in [0.15, 0.2) is 123 Å². The van der Waals surface area contributed by atoms with Crippen LogP contribution in [0.25, 0.3) is 0 Å². The first kappa shape index (κ1) is 29.9. The van der Waals surface area contributed by atoms with Gasteiger partial charge in [-0.15, -0.1) is 0 Å². The highest BCUT2D eigenvalue weighted by atomic mass is 14.8. The molecule has 0 heterocycles. The highest BCUT2D eigenvalue weighted by Crippen LogP contribution is 2.82. The topological polar surface area (TPSA) is 0 Å². The summed E-state index contributed by atoms with van der Waals surface area (Å²) < 4.78 is 0. The smallest absolute Gasteiger partial charge is 0.0191 e. The van der Waals surface area contributed by atoms with Crippen LogP contribution in [0.3, 0.4) is 0 Å². The number of rotatable bonds is 16. The van der Waals surface area contributed by atoms with E-state index in [0.29, 0.717) is 5.92 Å². The SMILES string of the molecule is C=CC=CCCC1(CCC=CC=C)C2C=C3CCC(C)CC3(C2=CC)C1(CCC=CC=C)CCC=CC=C. The van der Waals surface area contributed by atoms with Gasteiger partial charge in [0, 0.05) is 11.3 Å². The van der Waals surface area contributed by atoms with Gasteiger partial charge in [-0.25, -0.2) is 0 Å². The van der Waals surface area contributed by atoms with E-state index in [1.165, 1.54) is 44.9 Å². The molecule has 2 bridgehead atoms. The Hall–Kier alpha value is -2.60. The van der Waals surface area contributed by atoms with Gasteiger partial charge < -0.3 is 0 Å². The molecule has 0 aromatic rings. The van der Waals surface area contributed by atoms with Crippen LogP contribution in [0, 0.1) is 28.1 Å². The standard InChI is InChI=1S/C38H52/c1-7-12-16-20-26-36(27-21-17-13-8-2)35-30-33-25-24-32(6)31-38(33,34(35)11-5)37(36,28-22-18-14-9-3)29-23-19-15-10-4/h7-19,30,32,35H,1-4,20-29,31H2,5-6H3. The van der Waals surface area contributed by atoms with Gasteiger partial charge in [0.25, 0.3) is 0 Å². The summed E-state index contributed by atoms with van der Waals surface area (Å²) in [5, 5.41) is 0. The molecule has 0 nitrogen and oxygen atoms in total. The average Bonchev–Trinajstić information content (AvgIpc) is 3.33. The number of fused-ring (bicyclic) bond motifs is 1. The van der Waals surface area contributed by atoms with Gasteiger partial charge in [0.2, 0.25) is 0 Å². The van der Waals surface area contributed by atoms with Crippen molar-refractivity contribution in [3.63, 3.8) is 0 Å². The molecule has 0 aromatic carbocycles. The van der Waals surface area contributed by atoms with Crippen LogP contribution in [-0.4, -0.2) is 0 Å². The minimum Gasteiger partial charge on any atom is -0.0991 e. The van der Waals surface area contributed by atoms with Gasteiger partial charge in [0.15, 0.2) is 0 Å². The molecule has 0 aliphatic heterocycles. The summed E-state index contributed by atoms with van der Waals surface area (Å²) in [4.78, 5) is 0. The summed E-state index contributed by atoms with van der Waals surface area (Å²) in [6.45, 7) is 20.6. The Kier molecular flexibility index (Phi) is 11.0. The summed E-state index contributed by atoms with van der Waals surface area (Å²) in [5.41, 5.74) is 4.15. The van der Waals surface area contributed by atoms with E-state index >= 15 is 0 Å². The second kappa shape index (κ2) is 14.0. The van der Waals surface area contributed by atoms with E-state index in [9.17, 15) is 0 Å². The van der Waals surface area contributed by atoms with E-state index in [2.05, 4.69) is 101 Å². The molecule has 3 rings (SSSR count). The molecule has 2 saturated carbocycles. The molecule has 3 atom stereocenters. The molecular formula is C38H52. The third-order valence-corrected chi connectivity index (χ3v) is 10.1. The number of allylic oxidation sites excluding steroid dienone is 16. The largest absolute Gasteiger partial charge is 0.0991 e. The predicted molar refractivity (Wildman–Crippen MR) is 170 cm³/mol. The van der Waals surface area contributed by atoms with E-state index in [4.69, 9.17) is 0 Å². The molecule has 0 saturated heterocycles. The predicted octanol–water partition coefficient (Wildman–Crippen LogP) is 11.4. The summed E-state index contributed by atoms with van der Waals surface area (Å²) >= 11 is 0. The van der Waals surface area contributed by atoms with Crippen LogP contribution in [0.4, 0.5) is 0 Å². The third kappa shape index (κ3) is 5.29. The first-order chi connectivity index (χ1) is 18.5. The Morgan fingerprint density at radius 2 is 1.24 bits per heavy atom.